The van der Waals surface area contributed by atoms with Gasteiger partial charge in [-0.15, -0.1) is 0 Å². The summed E-state index contributed by atoms with van der Waals surface area (Å²) in [7, 11) is 1.53. The number of methoxy groups -OCH3 is 1. The third-order valence-electron chi connectivity index (χ3n) is 2.90. The maximum Gasteiger partial charge on any atom is 0.160 e. The predicted molar refractivity (Wildman–Crippen MR) is 75.0 cm³/mol. The van der Waals surface area contributed by atoms with Gasteiger partial charge in [0.2, 0.25) is 0 Å². The molecule has 0 saturated carbocycles. The average molecular weight is 318 g/mol. The van der Waals surface area contributed by atoms with Gasteiger partial charge in [0.25, 0.3) is 0 Å². The molecule has 18 heavy (non-hydrogen) atoms. The van der Waals surface area contributed by atoms with Crippen molar-refractivity contribution in [3.63, 3.8) is 0 Å². The van der Waals surface area contributed by atoms with E-state index in [1.807, 2.05) is 0 Å². The molecule has 1 unspecified atom stereocenters. The third kappa shape index (κ3) is 4.15. The number of hydrogen-bond donors (Lipinski definition) is 3. The summed E-state index contributed by atoms with van der Waals surface area (Å²) in [6, 6.07) is 3.72. The van der Waals surface area contributed by atoms with Crippen LogP contribution in [0.2, 0.25) is 0 Å². The maximum atomic E-state index is 9.62. The van der Waals surface area contributed by atoms with Crippen LogP contribution in [-0.2, 0) is 6.54 Å². The summed E-state index contributed by atoms with van der Waals surface area (Å²) in [5.41, 5.74) is 1.01. The lowest BCUT2D eigenvalue weighted by atomic mass is 10.1. The first-order chi connectivity index (χ1) is 8.62. The van der Waals surface area contributed by atoms with E-state index in [2.05, 4.69) is 28.2 Å². The number of ether oxygens (including phenoxy) is 1. The van der Waals surface area contributed by atoms with Gasteiger partial charge in [-0.05, 0) is 30.5 Å². The molecule has 0 aliphatic heterocycles. The van der Waals surface area contributed by atoms with Crippen LogP contribution in [0.1, 0.15) is 25.3 Å². The topological polar surface area (TPSA) is 61.7 Å². The molecule has 1 atom stereocenters. The first-order valence-electron chi connectivity index (χ1n) is 6.02. The highest BCUT2D eigenvalue weighted by molar-refractivity contribution is 9.10. The molecule has 4 nitrogen and oxygen atoms in total. The summed E-state index contributed by atoms with van der Waals surface area (Å²) in [5.74, 6) is 0.584. The molecule has 5 heteroatoms. The van der Waals surface area contributed by atoms with Gasteiger partial charge in [-0.2, -0.15) is 0 Å². The number of aliphatic hydroxyl groups is 1. The van der Waals surface area contributed by atoms with Gasteiger partial charge in [0, 0.05) is 23.7 Å². The van der Waals surface area contributed by atoms with E-state index in [1.165, 1.54) is 7.11 Å². The molecule has 0 aliphatic rings. The van der Waals surface area contributed by atoms with Gasteiger partial charge in [-0.1, -0.05) is 22.9 Å². The number of aromatic hydroxyl groups is 1. The van der Waals surface area contributed by atoms with E-state index < -0.39 is 0 Å². The van der Waals surface area contributed by atoms with Gasteiger partial charge in [-0.3, -0.25) is 0 Å². The van der Waals surface area contributed by atoms with E-state index >= 15 is 0 Å². The molecule has 0 bridgehead atoms. The largest absolute Gasteiger partial charge is 0.504 e. The highest BCUT2D eigenvalue weighted by Crippen LogP contribution is 2.32. The standard InChI is InChI=1S/C13H20BrNO3/c1-3-10(4-5-16)15-8-9-6-13(18-2)12(17)7-11(9)14/h6-7,10,15-17H,3-5,8H2,1-2H3. The second kappa shape index (κ2) is 7.61. The number of phenolic OH excluding ortho intramolecular Hbond substituents is 1. The lowest BCUT2D eigenvalue weighted by Gasteiger charge is -2.17. The summed E-state index contributed by atoms with van der Waals surface area (Å²) in [4.78, 5) is 0. The first kappa shape index (κ1) is 15.3. The van der Waals surface area contributed by atoms with E-state index in [9.17, 15) is 5.11 Å². The smallest absolute Gasteiger partial charge is 0.160 e. The normalized spacial score (nSPS) is 12.4. The van der Waals surface area contributed by atoms with Gasteiger partial charge in [0.05, 0.1) is 7.11 Å². The Bertz CT molecular complexity index is 385. The Hall–Kier alpha value is -0.780. The molecule has 0 aliphatic carbocycles. The molecule has 102 valence electrons. The number of nitrogens with one attached hydrogen (secondary N) is 1. The lowest BCUT2D eigenvalue weighted by molar-refractivity contribution is 0.262. The fourth-order valence-corrected chi connectivity index (χ4v) is 2.22. The maximum absolute atomic E-state index is 9.62. The van der Waals surface area contributed by atoms with Crippen molar-refractivity contribution < 1.29 is 14.9 Å². The molecule has 3 N–H and O–H groups in total. The Morgan fingerprint density at radius 3 is 2.72 bits per heavy atom. The van der Waals surface area contributed by atoms with Crippen LogP contribution in [0.25, 0.3) is 0 Å². The van der Waals surface area contributed by atoms with E-state index in [4.69, 9.17) is 9.84 Å². The summed E-state index contributed by atoms with van der Waals surface area (Å²) >= 11 is 3.42. The summed E-state index contributed by atoms with van der Waals surface area (Å²) in [6.07, 6.45) is 1.71. The van der Waals surface area contributed by atoms with Crippen LogP contribution in [0, 0.1) is 0 Å². The third-order valence-corrected chi connectivity index (χ3v) is 3.64. The zero-order valence-corrected chi connectivity index (χ0v) is 12.3. The average Bonchev–Trinajstić information content (AvgIpc) is 2.36. The Morgan fingerprint density at radius 2 is 2.17 bits per heavy atom. The van der Waals surface area contributed by atoms with Crippen LogP contribution in [0.15, 0.2) is 16.6 Å². The van der Waals surface area contributed by atoms with Crippen molar-refractivity contribution in [1.29, 1.82) is 0 Å². The van der Waals surface area contributed by atoms with Crippen molar-refractivity contribution in [3.8, 4) is 11.5 Å². The number of hydrogen-bond acceptors (Lipinski definition) is 4. The Kier molecular flexibility index (Phi) is 6.46. The van der Waals surface area contributed by atoms with Crippen LogP contribution in [0.5, 0.6) is 11.5 Å². The molecular formula is C13H20BrNO3. The highest BCUT2D eigenvalue weighted by atomic mass is 79.9. The van der Waals surface area contributed by atoms with Gasteiger partial charge in [-0.25, -0.2) is 0 Å². The van der Waals surface area contributed by atoms with Crippen molar-refractivity contribution in [2.75, 3.05) is 13.7 Å². The Morgan fingerprint density at radius 1 is 1.44 bits per heavy atom. The minimum atomic E-state index is 0.121. The van der Waals surface area contributed by atoms with E-state index in [1.54, 1.807) is 12.1 Å². The van der Waals surface area contributed by atoms with Crippen molar-refractivity contribution in [2.45, 2.75) is 32.4 Å². The molecule has 0 saturated heterocycles. The quantitative estimate of drug-likeness (QED) is 0.722. The minimum Gasteiger partial charge on any atom is -0.504 e. The predicted octanol–water partition coefficient (Wildman–Crippen LogP) is 2.41. The summed E-state index contributed by atoms with van der Waals surface area (Å²) in [6.45, 7) is 2.93. The van der Waals surface area contributed by atoms with Crippen LogP contribution < -0.4 is 10.1 Å². The molecule has 0 radical (unpaired) electrons. The van der Waals surface area contributed by atoms with Crippen LogP contribution in [0.3, 0.4) is 0 Å². The second-order valence-corrected chi connectivity index (χ2v) is 4.97. The fraction of sp³-hybridized carbons (Fsp3) is 0.538. The minimum absolute atomic E-state index is 0.121. The monoisotopic (exact) mass is 317 g/mol. The molecular weight excluding hydrogens is 298 g/mol. The number of phenols is 1. The fourth-order valence-electron chi connectivity index (χ4n) is 1.74. The molecule has 0 amide bonds. The molecule has 1 rings (SSSR count). The Labute approximate surface area is 116 Å². The van der Waals surface area contributed by atoms with Crippen molar-refractivity contribution in [2.24, 2.45) is 0 Å². The molecule has 0 fully saturated rings. The van der Waals surface area contributed by atoms with Crippen molar-refractivity contribution in [1.82, 2.24) is 5.32 Å². The van der Waals surface area contributed by atoms with Gasteiger partial charge in [0.15, 0.2) is 11.5 Å². The van der Waals surface area contributed by atoms with Gasteiger partial charge < -0.3 is 20.3 Å². The molecule has 0 spiro atoms. The summed E-state index contributed by atoms with van der Waals surface area (Å²) in [5, 5.41) is 21.9. The number of aliphatic hydroxyl groups excluding tert-OH is 1. The lowest BCUT2D eigenvalue weighted by Crippen LogP contribution is -2.28. The molecule has 0 aromatic heterocycles. The molecule has 1 aromatic rings. The highest BCUT2D eigenvalue weighted by Gasteiger charge is 2.10. The van der Waals surface area contributed by atoms with Crippen molar-refractivity contribution in [3.05, 3.63) is 22.2 Å². The van der Waals surface area contributed by atoms with Crippen LogP contribution in [0.4, 0.5) is 0 Å². The van der Waals surface area contributed by atoms with E-state index in [0.29, 0.717) is 18.3 Å². The van der Waals surface area contributed by atoms with Crippen LogP contribution >= 0.6 is 15.9 Å². The van der Waals surface area contributed by atoms with E-state index in [0.717, 1.165) is 22.9 Å². The molecule has 1 aromatic carbocycles. The van der Waals surface area contributed by atoms with Crippen molar-refractivity contribution >= 4 is 15.9 Å². The second-order valence-electron chi connectivity index (χ2n) is 4.11. The molecule has 0 heterocycles. The SMILES string of the molecule is CCC(CCO)NCc1cc(OC)c(O)cc1Br. The van der Waals surface area contributed by atoms with Gasteiger partial charge >= 0.3 is 0 Å². The first-order valence-corrected chi connectivity index (χ1v) is 6.81. The summed E-state index contributed by atoms with van der Waals surface area (Å²) < 4.78 is 5.92. The van der Waals surface area contributed by atoms with Gasteiger partial charge in [0.1, 0.15) is 0 Å². The zero-order chi connectivity index (χ0) is 13.5. The van der Waals surface area contributed by atoms with E-state index in [-0.39, 0.29) is 12.4 Å². The zero-order valence-electron chi connectivity index (χ0n) is 10.7. The number of rotatable bonds is 7. The van der Waals surface area contributed by atoms with Crippen LogP contribution in [-0.4, -0.2) is 30.0 Å². The number of benzene rings is 1. The number of halogens is 1. The Balaban J connectivity index is 2.72.